The van der Waals surface area contributed by atoms with Crippen LogP contribution < -0.4 is 5.32 Å². The molecule has 0 spiro atoms. The summed E-state index contributed by atoms with van der Waals surface area (Å²) in [5.41, 5.74) is 0.905. The third kappa shape index (κ3) is 5.29. The molecular formula is C14H22FNO. The Morgan fingerprint density at radius 2 is 2.12 bits per heavy atom. The average Bonchev–Trinajstić information content (AvgIpc) is 2.33. The van der Waals surface area contributed by atoms with Gasteiger partial charge < -0.3 is 10.1 Å². The van der Waals surface area contributed by atoms with Crippen molar-refractivity contribution in [3.05, 3.63) is 35.6 Å². The van der Waals surface area contributed by atoms with Gasteiger partial charge in [-0.05, 0) is 37.1 Å². The molecule has 0 heterocycles. The molecule has 0 saturated heterocycles. The molecule has 96 valence electrons. The van der Waals surface area contributed by atoms with Crippen LogP contribution in [0.2, 0.25) is 0 Å². The normalized spacial score (nSPS) is 12.6. The van der Waals surface area contributed by atoms with Gasteiger partial charge in [-0.25, -0.2) is 4.39 Å². The van der Waals surface area contributed by atoms with E-state index in [0.717, 1.165) is 31.5 Å². The Morgan fingerprint density at radius 1 is 1.29 bits per heavy atom. The fourth-order valence-corrected chi connectivity index (χ4v) is 1.65. The summed E-state index contributed by atoms with van der Waals surface area (Å²) in [4.78, 5) is 0. The third-order valence-electron chi connectivity index (χ3n) is 2.50. The Bertz CT molecular complexity index is 317. The van der Waals surface area contributed by atoms with Gasteiger partial charge in [-0.15, -0.1) is 0 Å². The lowest BCUT2D eigenvalue weighted by molar-refractivity contribution is 0.0529. The molecule has 3 heteroatoms. The van der Waals surface area contributed by atoms with Gasteiger partial charge in [0.05, 0.1) is 6.10 Å². The maximum Gasteiger partial charge on any atom is 0.123 e. The van der Waals surface area contributed by atoms with Gasteiger partial charge >= 0.3 is 0 Å². The first-order valence-corrected chi connectivity index (χ1v) is 6.35. The molecule has 1 unspecified atom stereocenters. The highest BCUT2D eigenvalue weighted by Gasteiger charge is 2.11. The molecule has 0 aliphatic carbocycles. The van der Waals surface area contributed by atoms with Crippen molar-refractivity contribution in [3.8, 4) is 0 Å². The van der Waals surface area contributed by atoms with Gasteiger partial charge in [0.15, 0.2) is 0 Å². The Balaban J connectivity index is 2.60. The summed E-state index contributed by atoms with van der Waals surface area (Å²) in [6.07, 6.45) is 2.00. The zero-order valence-electron chi connectivity index (χ0n) is 10.7. The van der Waals surface area contributed by atoms with Crippen LogP contribution in [0.4, 0.5) is 4.39 Å². The minimum Gasteiger partial charge on any atom is -0.372 e. The molecule has 1 aromatic rings. The van der Waals surface area contributed by atoms with Crippen molar-refractivity contribution >= 4 is 0 Å². The van der Waals surface area contributed by atoms with Crippen molar-refractivity contribution in [2.45, 2.75) is 32.8 Å². The van der Waals surface area contributed by atoms with Crippen LogP contribution in [0, 0.1) is 5.82 Å². The fraction of sp³-hybridized carbons (Fsp3) is 0.571. The lowest BCUT2D eigenvalue weighted by Crippen LogP contribution is -2.24. The number of rotatable bonds is 8. The lowest BCUT2D eigenvalue weighted by atomic mass is 10.1. The highest BCUT2D eigenvalue weighted by Crippen LogP contribution is 2.17. The molecule has 0 saturated carbocycles. The molecule has 0 aliphatic rings. The fourth-order valence-electron chi connectivity index (χ4n) is 1.65. The number of benzene rings is 1. The number of ether oxygens (including phenoxy) is 1. The van der Waals surface area contributed by atoms with E-state index in [2.05, 4.69) is 19.2 Å². The van der Waals surface area contributed by atoms with E-state index in [1.807, 2.05) is 6.07 Å². The van der Waals surface area contributed by atoms with Crippen LogP contribution in [-0.4, -0.2) is 19.7 Å². The topological polar surface area (TPSA) is 21.3 Å². The number of hydrogen-bond donors (Lipinski definition) is 1. The van der Waals surface area contributed by atoms with Crippen molar-refractivity contribution in [2.24, 2.45) is 0 Å². The molecule has 17 heavy (non-hydrogen) atoms. The standard InChI is InChI=1S/C14H22FNO/c1-3-8-16-11-14(17-9-4-2)12-6-5-7-13(15)10-12/h5-7,10,14,16H,3-4,8-9,11H2,1-2H3. The van der Waals surface area contributed by atoms with E-state index in [1.165, 1.54) is 6.07 Å². The Labute approximate surface area is 103 Å². The SMILES string of the molecule is CCCNCC(OCCC)c1cccc(F)c1. The van der Waals surface area contributed by atoms with Gasteiger partial charge in [0.25, 0.3) is 0 Å². The predicted octanol–water partition coefficient (Wildman–Crippen LogP) is 3.29. The van der Waals surface area contributed by atoms with E-state index in [9.17, 15) is 4.39 Å². The Morgan fingerprint density at radius 3 is 2.76 bits per heavy atom. The minimum atomic E-state index is -0.205. The summed E-state index contributed by atoms with van der Waals surface area (Å²) in [6.45, 7) is 6.59. The summed E-state index contributed by atoms with van der Waals surface area (Å²) in [5.74, 6) is -0.205. The zero-order valence-corrected chi connectivity index (χ0v) is 10.7. The van der Waals surface area contributed by atoms with Gasteiger partial charge in [-0.1, -0.05) is 26.0 Å². The van der Waals surface area contributed by atoms with E-state index in [0.29, 0.717) is 6.61 Å². The molecular weight excluding hydrogens is 217 g/mol. The molecule has 2 nitrogen and oxygen atoms in total. The maximum absolute atomic E-state index is 13.2. The van der Waals surface area contributed by atoms with Crippen molar-refractivity contribution < 1.29 is 9.13 Å². The highest BCUT2D eigenvalue weighted by atomic mass is 19.1. The van der Waals surface area contributed by atoms with Crippen molar-refractivity contribution in [1.82, 2.24) is 5.32 Å². The van der Waals surface area contributed by atoms with Crippen LogP contribution in [-0.2, 0) is 4.74 Å². The van der Waals surface area contributed by atoms with Crippen LogP contribution >= 0.6 is 0 Å². The van der Waals surface area contributed by atoms with E-state index >= 15 is 0 Å². The summed E-state index contributed by atoms with van der Waals surface area (Å²) in [7, 11) is 0. The van der Waals surface area contributed by atoms with Gasteiger partial charge in [0.1, 0.15) is 5.82 Å². The monoisotopic (exact) mass is 239 g/mol. The molecule has 0 fully saturated rings. The Kier molecular flexibility index (Phi) is 6.82. The molecule has 0 bridgehead atoms. The zero-order chi connectivity index (χ0) is 12.5. The lowest BCUT2D eigenvalue weighted by Gasteiger charge is -2.18. The second kappa shape index (κ2) is 8.20. The molecule has 1 N–H and O–H groups in total. The van der Waals surface area contributed by atoms with Crippen molar-refractivity contribution in [3.63, 3.8) is 0 Å². The molecule has 1 aromatic carbocycles. The van der Waals surface area contributed by atoms with Crippen LogP contribution in [0.5, 0.6) is 0 Å². The Hall–Kier alpha value is -0.930. The third-order valence-corrected chi connectivity index (χ3v) is 2.50. The predicted molar refractivity (Wildman–Crippen MR) is 68.5 cm³/mol. The van der Waals surface area contributed by atoms with Crippen molar-refractivity contribution in [2.75, 3.05) is 19.7 Å². The molecule has 0 amide bonds. The molecule has 0 aromatic heterocycles. The maximum atomic E-state index is 13.2. The van der Waals surface area contributed by atoms with Crippen LogP contribution in [0.1, 0.15) is 38.4 Å². The number of nitrogens with one attached hydrogen (secondary N) is 1. The molecule has 1 atom stereocenters. The summed E-state index contributed by atoms with van der Waals surface area (Å²) in [5, 5.41) is 3.31. The van der Waals surface area contributed by atoms with Gasteiger partial charge in [-0.2, -0.15) is 0 Å². The largest absolute Gasteiger partial charge is 0.372 e. The summed E-state index contributed by atoms with van der Waals surface area (Å²) >= 11 is 0. The first kappa shape index (κ1) is 14.1. The first-order chi connectivity index (χ1) is 8.27. The van der Waals surface area contributed by atoms with Crippen LogP contribution in [0.3, 0.4) is 0 Å². The number of hydrogen-bond acceptors (Lipinski definition) is 2. The van der Waals surface area contributed by atoms with Crippen LogP contribution in [0.25, 0.3) is 0 Å². The van der Waals surface area contributed by atoms with Gasteiger partial charge in [-0.3, -0.25) is 0 Å². The van der Waals surface area contributed by atoms with E-state index in [-0.39, 0.29) is 11.9 Å². The molecule has 0 radical (unpaired) electrons. The molecule has 1 rings (SSSR count). The van der Waals surface area contributed by atoms with E-state index in [4.69, 9.17) is 4.74 Å². The summed E-state index contributed by atoms with van der Waals surface area (Å²) in [6, 6.07) is 6.65. The van der Waals surface area contributed by atoms with Gasteiger partial charge in [0, 0.05) is 13.2 Å². The van der Waals surface area contributed by atoms with Crippen molar-refractivity contribution in [1.29, 1.82) is 0 Å². The second-order valence-corrected chi connectivity index (χ2v) is 4.12. The van der Waals surface area contributed by atoms with E-state index < -0.39 is 0 Å². The number of halogens is 1. The van der Waals surface area contributed by atoms with Gasteiger partial charge in [0.2, 0.25) is 0 Å². The first-order valence-electron chi connectivity index (χ1n) is 6.35. The summed E-state index contributed by atoms with van der Waals surface area (Å²) < 4.78 is 18.9. The van der Waals surface area contributed by atoms with E-state index in [1.54, 1.807) is 12.1 Å². The van der Waals surface area contributed by atoms with Crippen LogP contribution in [0.15, 0.2) is 24.3 Å². The quantitative estimate of drug-likeness (QED) is 0.703. The highest BCUT2D eigenvalue weighted by molar-refractivity contribution is 5.19. The average molecular weight is 239 g/mol. The smallest absolute Gasteiger partial charge is 0.123 e. The minimum absolute atomic E-state index is 0.0581. The second-order valence-electron chi connectivity index (χ2n) is 4.12. The molecule has 0 aliphatic heterocycles.